The largest absolute Gasteiger partial charge is 0.480 e. The molecular weight excluding hydrogens is 292 g/mol. The van der Waals surface area contributed by atoms with E-state index in [4.69, 9.17) is 21.1 Å². The molecule has 0 saturated carbocycles. The average Bonchev–Trinajstić information content (AvgIpc) is 2.36. The second-order valence-electron chi connectivity index (χ2n) is 5.38. The molecule has 1 aromatic rings. The number of amides is 1. The zero-order chi connectivity index (χ0) is 15.9. The van der Waals surface area contributed by atoms with E-state index in [1.54, 1.807) is 12.3 Å². The van der Waals surface area contributed by atoms with Gasteiger partial charge in [0, 0.05) is 12.7 Å². The van der Waals surface area contributed by atoms with Gasteiger partial charge in [0.1, 0.15) is 10.6 Å². The first kappa shape index (κ1) is 17.3. The number of hydrogen-bond acceptors (Lipinski definition) is 4. The van der Waals surface area contributed by atoms with Gasteiger partial charge >= 0.3 is 6.09 Å². The maximum absolute atomic E-state index is 11.4. The predicted molar refractivity (Wildman–Crippen MR) is 83.7 cm³/mol. The molecule has 5 nitrogen and oxygen atoms in total. The lowest BCUT2D eigenvalue weighted by atomic mass is 10.2. The molecule has 116 valence electrons. The highest BCUT2D eigenvalue weighted by molar-refractivity contribution is 6.31. The van der Waals surface area contributed by atoms with Gasteiger partial charge in [-0.15, -0.1) is 0 Å². The summed E-state index contributed by atoms with van der Waals surface area (Å²) in [5.74, 6) is 0.403. The van der Waals surface area contributed by atoms with Crippen LogP contribution < -0.4 is 10.1 Å². The summed E-state index contributed by atoms with van der Waals surface area (Å²) >= 11 is 5.98. The lowest BCUT2D eigenvalue weighted by molar-refractivity contribution is 0.0529. The molecule has 0 aliphatic rings. The van der Waals surface area contributed by atoms with Crippen LogP contribution >= 0.6 is 11.6 Å². The minimum atomic E-state index is -0.481. The van der Waals surface area contributed by atoms with Crippen LogP contribution in [0, 0.1) is 0 Å². The Labute approximate surface area is 130 Å². The maximum atomic E-state index is 11.4. The van der Waals surface area contributed by atoms with Crippen LogP contribution in [0.25, 0.3) is 6.08 Å². The van der Waals surface area contributed by atoms with E-state index in [-0.39, 0.29) is 0 Å². The number of carbonyl (C=O) groups excluding carboxylic acids is 1. The van der Waals surface area contributed by atoms with Gasteiger partial charge < -0.3 is 14.8 Å². The number of hydrogen-bond donors (Lipinski definition) is 1. The van der Waals surface area contributed by atoms with Gasteiger partial charge in [-0.2, -0.15) is 0 Å². The van der Waals surface area contributed by atoms with Crippen LogP contribution in [0.3, 0.4) is 0 Å². The molecule has 0 aliphatic carbocycles. The molecule has 0 saturated heterocycles. The smallest absolute Gasteiger partial charge is 0.407 e. The third-order valence-corrected chi connectivity index (χ3v) is 2.58. The summed E-state index contributed by atoms with van der Waals surface area (Å²) in [5, 5.41) is 3.15. The molecule has 1 rings (SSSR count). The van der Waals surface area contributed by atoms with Gasteiger partial charge in [-0.25, -0.2) is 9.78 Å². The van der Waals surface area contributed by atoms with Gasteiger partial charge in [-0.1, -0.05) is 23.8 Å². The van der Waals surface area contributed by atoms with Crippen LogP contribution in [0.2, 0.25) is 5.02 Å². The van der Waals surface area contributed by atoms with Crippen molar-refractivity contribution in [3.8, 4) is 5.88 Å². The van der Waals surface area contributed by atoms with Crippen molar-refractivity contribution in [3.63, 3.8) is 0 Å². The summed E-state index contributed by atoms with van der Waals surface area (Å²) in [6.45, 7) is 5.98. The molecule has 0 unspecified atom stereocenters. The van der Waals surface area contributed by atoms with Crippen molar-refractivity contribution in [3.05, 3.63) is 28.9 Å². The first-order valence-corrected chi connectivity index (χ1v) is 7.02. The zero-order valence-electron chi connectivity index (χ0n) is 12.8. The number of ether oxygens (including phenoxy) is 2. The third-order valence-electron chi connectivity index (χ3n) is 2.31. The normalized spacial score (nSPS) is 11.5. The van der Waals surface area contributed by atoms with Crippen molar-refractivity contribution in [1.29, 1.82) is 0 Å². The summed E-state index contributed by atoms with van der Waals surface area (Å²) in [4.78, 5) is 15.5. The molecule has 1 heterocycles. The number of aromatic nitrogens is 1. The fraction of sp³-hybridized carbons (Fsp3) is 0.467. The summed E-state index contributed by atoms with van der Waals surface area (Å²) in [5.41, 5.74) is 0.392. The third kappa shape index (κ3) is 6.99. The Morgan fingerprint density at radius 3 is 2.76 bits per heavy atom. The predicted octanol–water partition coefficient (Wildman–Crippen LogP) is 3.67. The fourth-order valence-corrected chi connectivity index (χ4v) is 1.72. The van der Waals surface area contributed by atoms with E-state index in [1.165, 1.54) is 7.11 Å². The van der Waals surface area contributed by atoms with E-state index in [0.29, 0.717) is 23.9 Å². The number of methoxy groups -OCH3 is 1. The number of pyridine rings is 1. The number of nitrogens with one attached hydrogen (secondary N) is 1. The molecular formula is C15H21ClN2O3. The maximum Gasteiger partial charge on any atom is 0.407 e. The van der Waals surface area contributed by atoms with Crippen LogP contribution in [0.15, 0.2) is 18.3 Å². The zero-order valence-corrected chi connectivity index (χ0v) is 13.5. The van der Waals surface area contributed by atoms with Gasteiger partial charge in [0.15, 0.2) is 0 Å². The summed E-state index contributed by atoms with van der Waals surface area (Å²) in [6.07, 6.45) is 5.75. The van der Waals surface area contributed by atoms with Crippen LogP contribution in [0.1, 0.15) is 32.8 Å². The number of halogens is 1. The number of rotatable bonds is 5. The van der Waals surface area contributed by atoms with E-state index in [0.717, 1.165) is 5.56 Å². The van der Waals surface area contributed by atoms with Gasteiger partial charge in [-0.3, -0.25) is 0 Å². The SMILES string of the molecule is COc1ncc(C=CCCNC(=O)OC(C)(C)C)cc1Cl. The molecule has 0 atom stereocenters. The second kappa shape index (κ2) is 7.88. The van der Waals surface area contributed by atoms with Gasteiger partial charge in [0.05, 0.1) is 7.11 Å². The minimum Gasteiger partial charge on any atom is -0.480 e. The summed E-state index contributed by atoms with van der Waals surface area (Å²) in [6, 6.07) is 1.77. The summed E-state index contributed by atoms with van der Waals surface area (Å²) in [7, 11) is 1.52. The monoisotopic (exact) mass is 312 g/mol. The molecule has 0 aliphatic heterocycles. The van der Waals surface area contributed by atoms with E-state index >= 15 is 0 Å². The highest BCUT2D eigenvalue weighted by Gasteiger charge is 2.15. The number of carbonyl (C=O) groups is 1. The molecule has 0 fully saturated rings. The van der Waals surface area contributed by atoms with E-state index in [1.807, 2.05) is 32.9 Å². The fourth-order valence-electron chi connectivity index (χ4n) is 1.47. The Bertz CT molecular complexity index is 510. The van der Waals surface area contributed by atoms with Gasteiger partial charge in [0.25, 0.3) is 0 Å². The Morgan fingerprint density at radius 2 is 2.19 bits per heavy atom. The van der Waals surface area contributed by atoms with Gasteiger partial charge in [0.2, 0.25) is 5.88 Å². The van der Waals surface area contributed by atoms with Crippen molar-refractivity contribution in [2.24, 2.45) is 0 Å². The molecule has 6 heteroatoms. The highest BCUT2D eigenvalue weighted by Crippen LogP contribution is 2.22. The van der Waals surface area contributed by atoms with E-state index in [2.05, 4.69) is 10.3 Å². The van der Waals surface area contributed by atoms with Crippen molar-refractivity contribution in [1.82, 2.24) is 10.3 Å². The summed E-state index contributed by atoms with van der Waals surface area (Å²) < 4.78 is 10.1. The lowest BCUT2D eigenvalue weighted by Crippen LogP contribution is -2.32. The van der Waals surface area contributed by atoms with Crippen LogP contribution in [-0.2, 0) is 4.74 Å². The van der Waals surface area contributed by atoms with Crippen LogP contribution in [0.5, 0.6) is 5.88 Å². The number of alkyl carbamates (subject to hydrolysis) is 1. The standard InChI is InChI=1S/C15H21ClN2O3/c1-15(2,3)21-14(19)17-8-6-5-7-11-9-12(16)13(20-4)18-10-11/h5,7,9-10H,6,8H2,1-4H3,(H,17,19). The van der Waals surface area contributed by atoms with Crippen molar-refractivity contribution in [2.75, 3.05) is 13.7 Å². The Balaban J connectivity index is 2.35. The second-order valence-corrected chi connectivity index (χ2v) is 5.79. The van der Waals surface area contributed by atoms with E-state index < -0.39 is 11.7 Å². The van der Waals surface area contributed by atoms with Crippen molar-refractivity contribution < 1.29 is 14.3 Å². The van der Waals surface area contributed by atoms with Crippen molar-refractivity contribution in [2.45, 2.75) is 32.8 Å². The molecule has 0 aromatic carbocycles. The molecule has 21 heavy (non-hydrogen) atoms. The first-order chi connectivity index (χ1) is 9.81. The van der Waals surface area contributed by atoms with Crippen LogP contribution in [0.4, 0.5) is 4.79 Å². The lowest BCUT2D eigenvalue weighted by Gasteiger charge is -2.19. The molecule has 1 N–H and O–H groups in total. The minimum absolute atomic E-state index is 0.403. The first-order valence-electron chi connectivity index (χ1n) is 6.65. The average molecular weight is 313 g/mol. The highest BCUT2D eigenvalue weighted by atomic mass is 35.5. The number of nitrogens with zero attached hydrogens (tertiary/aromatic N) is 1. The van der Waals surface area contributed by atoms with Crippen LogP contribution in [-0.4, -0.2) is 30.3 Å². The topological polar surface area (TPSA) is 60.5 Å². The Hall–Kier alpha value is -1.75. The Kier molecular flexibility index (Phi) is 6.49. The Morgan fingerprint density at radius 1 is 1.48 bits per heavy atom. The van der Waals surface area contributed by atoms with Crippen molar-refractivity contribution >= 4 is 23.8 Å². The van der Waals surface area contributed by atoms with E-state index in [9.17, 15) is 4.79 Å². The molecule has 1 aromatic heterocycles. The molecule has 0 radical (unpaired) electrons. The quantitative estimate of drug-likeness (QED) is 0.843. The molecule has 1 amide bonds. The van der Waals surface area contributed by atoms with Gasteiger partial charge in [-0.05, 0) is 38.8 Å². The molecule has 0 spiro atoms. The molecule has 0 bridgehead atoms.